The maximum absolute atomic E-state index is 11.9. The first-order chi connectivity index (χ1) is 7.23. The van der Waals surface area contributed by atoms with Crippen molar-refractivity contribution in [2.24, 2.45) is 5.41 Å². The molecule has 1 amide bonds. The summed E-state index contributed by atoms with van der Waals surface area (Å²) in [5.41, 5.74) is -0.496. The van der Waals surface area contributed by atoms with Crippen LogP contribution in [0.3, 0.4) is 0 Å². The number of aliphatic hydroxyl groups is 1. The molecule has 0 aromatic heterocycles. The SMILES string of the molecule is CC(O)C12CC(C1)N(C(=O)OC(C)(C)C)C2. The fourth-order valence-electron chi connectivity index (χ4n) is 2.70. The van der Waals surface area contributed by atoms with Gasteiger partial charge in [-0.1, -0.05) is 0 Å². The van der Waals surface area contributed by atoms with Crippen LogP contribution in [0.15, 0.2) is 0 Å². The summed E-state index contributed by atoms with van der Waals surface area (Å²) in [4.78, 5) is 13.7. The molecule has 3 aliphatic rings. The Labute approximate surface area is 96.6 Å². The molecule has 2 aliphatic heterocycles. The lowest BCUT2D eigenvalue weighted by Crippen LogP contribution is -2.42. The fourth-order valence-corrected chi connectivity index (χ4v) is 2.70. The molecule has 3 fully saturated rings. The number of fused-ring (bicyclic) bond motifs is 1. The van der Waals surface area contributed by atoms with Crippen molar-refractivity contribution in [3.63, 3.8) is 0 Å². The topological polar surface area (TPSA) is 49.8 Å². The summed E-state index contributed by atoms with van der Waals surface area (Å²) in [5, 5.41) is 9.70. The number of carbonyl (C=O) groups is 1. The van der Waals surface area contributed by atoms with Crippen molar-refractivity contribution in [3.8, 4) is 0 Å². The molecule has 0 aromatic rings. The van der Waals surface area contributed by atoms with Gasteiger partial charge in [-0.15, -0.1) is 0 Å². The van der Waals surface area contributed by atoms with Crippen LogP contribution in [-0.2, 0) is 4.74 Å². The van der Waals surface area contributed by atoms with Gasteiger partial charge in [0, 0.05) is 18.0 Å². The predicted octanol–water partition coefficient (Wildman–Crippen LogP) is 1.77. The fraction of sp³-hybridized carbons (Fsp3) is 0.917. The minimum absolute atomic E-state index is 0.0540. The highest BCUT2D eigenvalue weighted by Gasteiger charge is 2.59. The molecular formula is C12H21NO3. The lowest BCUT2D eigenvalue weighted by atomic mass is 9.67. The van der Waals surface area contributed by atoms with Gasteiger partial charge in [0.25, 0.3) is 0 Å². The summed E-state index contributed by atoms with van der Waals surface area (Å²) in [6, 6.07) is 0.282. The number of hydrogen-bond donors (Lipinski definition) is 1. The number of nitrogens with zero attached hydrogens (tertiary/aromatic N) is 1. The Balaban J connectivity index is 1.98. The second kappa shape index (κ2) is 3.36. The van der Waals surface area contributed by atoms with E-state index in [4.69, 9.17) is 4.74 Å². The highest BCUT2D eigenvalue weighted by atomic mass is 16.6. The van der Waals surface area contributed by atoms with Crippen LogP contribution in [-0.4, -0.2) is 40.4 Å². The van der Waals surface area contributed by atoms with E-state index in [-0.39, 0.29) is 23.7 Å². The van der Waals surface area contributed by atoms with Gasteiger partial charge in [0.1, 0.15) is 5.60 Å². The van der Waals surface area contributed by atoms with Gasteiger partial charge < -0.3 is 14.7 Å². The van der Waals surface area contributed by atoms with Gasteiger partial charge in [-0.25, -0.2) is 4.79 Å². The zero-order valence-electron chi connectivity index (χ0n) is 10.5. The van der Waals surface area contributed by atoms with E-state index in [1.54, 1.807) is 4.90 Å². The Hall–Kier alpha value is -0.770. The third-order valence-electron chi connectivity index (χ3n) is 3.72. The molecule has 3 rings (SSSR count). The van der Waals surface area contributed by atoms with E-state index in [0.717, 1.165) is 12.8 Å². The Kier molecular flexibility index (Phi) is 2.46. The molecule has 0 aromatic carbocycles. The summed E-state index contributed by atoms with van der Waals surface area (Å²) >= 11 is 0. The second-order valence-electron chi connectivity index (χ2n) is 6.21. The molecule has 0 spiro atoms. The van der Waals surface area contributed by atoms with E-state index in [2.05, 4.69) is 0 Å². The number of carbonyl (C=O) groups excluding carboxylic acids is 1. The quantitative estimate of drug-likeness (QED) is 0.742. The van der Waals surface area contributed by atoms with E-state index in [1.165, 1.54) is 0 Å². The molecule has 1 aliphatic carbocycles. The molecule has 16 heavy (non-hydrogen) atoms. The van der Waals surface area contributed by atoms with Gasteiger partial charge in [-0.2, -0.15) is 0 Å². The first-order valence-corrected chi connectivity index (χ1v) is 5.91. The van der Waals surface area contributed by atoms with Crippen LogP contribution in [0.25, 0.3) is 0 Å². The van der Waals surface area contributed by atoms with Gasteiger partial charge in [-0.3, -0.25) is 0 Å². The van der Waals surface area contributed by atoms with Gasteiger partial charge in [0.05, 0.1) is 6.10 Å². The lowest BCUT2D eigenvalue weighted by Gasteiger charge is -2.39. The highest BCUT2D eigenvalue weighted by molar-refractivity contribution is 5.70. The molecule has 2 heterocycles. The normalized spacial score (nSPS) is 34.6. The number of amides is 1. The second-order valence-corrected chi connectivity index (χ2v) is 6.21. The average Bonchev–Trinajstić information content (AvgIpc) is 2.51. The molecule has 2 saturated heterocycles. The Morgan fingerprint density at radius 1 is 1.50 bits per heavy atom. The van der Waals surface area contributed by atoms with Crippen LogP contribution < -0.4 is 0 Å². The van der Waals surface area contributed by atoms with Crippen molar-refractivity contribution in [2.75, 3.05) is 6.54 Å². The maximum atomic E-state index is 11.9. The van der Waals surface area contributed by atoms with E-state index < -0.39 is 5.60 Å². The third kappa shape index (κ3) is 1.79. The average molecular weight is 227 g/mol. The Morgan fingerprint density at radius 2 is 2.06 bits per heavy atom. The molecule has 0 radical (unpaired) electrons. The molecule has 1 saturated carbocycles. The zero-order chi connectivity index (χ0) is 12.1. The van der Waals surface area contributed by atoms with Crippen molar-refractivity contribution < 1.29 is 14.6 Å². The smallest absolute Gasteiger partial charge is 0.410 e. The molecule has 4 nitrogen and oxygen atoms in total. The summed E-state index contributed by atoms with van der Waals surface area (Å²) in [5.74, 6) is 0. The number of rotatable bonds is 1. The zero-order valence-corrected chi connectivity index (χ0v) is 10.5. The standard InChI is InChI=1S/C12H21NO3/c1-8(14)12-5-9(6-12)13(7-12)10(15)16-11(2,3)4/h8-9,14H,5-7H2,1-4H3. The van der Waals surface area contributed by atoms with Crippen molar-refractivity contribution in [1.82, 2.24) is 4.90 Å². The number of hydrogen-bond acceptors (Lipinski definition) is 3. The van der Waals surface area contributed by atoms with Crippen molar-refractivity contribution in [1.29, 1.82) is 0 Å². The van der Waals surface area contributed by atoms with Gasteiger partial charge in [0.2, 0.25) is 0 Å². The van der Waals surface area contributed by atoms with Crippen LogP contribution in [0.5, 0.6) is 0 Å². The van der Waals surface area contributed by atoms with Gasteiger partial charge in [-0.05, 0) is 40.5 Å². The summed E-state index contributed by atoms with van der Waals surface area (Å²) < 4.78 is 5.35. The first kappa shape index (κ1) is 11.7. The van der Waals surface area contributed by atoms with E-state index in [0.29, 0.717) is 6.54 Å². The largest absolute Gasteiger partial charge is 0.444 e. The van der Waals surface area contributed by atoms with Crippen molar-refractivity contribution in [3.05, 3.63) is 0 Å². The predicted molar refractivity (Wildman–Crippen MR) is 60.1 cm³/mol. The minimum atomic E-state index is -0.442. The number of aliphatic hydroxyl groups excluding tert-OH is 1. The van der Waals surface area contributed by atoms with E-state index in [1.807, 2.05) is 27.7 Å². The minimum Gasteiger partial charge on any atom is -0.444 e. The molecule has 1 unspecified atom stereocenters. The van der Waals surface area contributed by atoms with E-state index >= 15 is 0 Å². The summed E-state index contributed by atoms with van der Waals surface area (Å²) in [6.45, 7) is 8.07. The van der Waals surface area contributed by atoms with Gasteiger partial charge in [0.15, 0.2) is 0 Å². The first-order valence-electron chi connectivity index (χ1n) is 5.91. The number of ether oxygens (including phenoxy) is 1. The molecule has 4 heteroatoms. The third-order valence-corrected chi connectivity index (χ3v) is 3.72. The monoisotopic (exact) mass is 227 g/mol. The lowest BCUT2D eigenvalue weighted by molar-refractivity contribution is 0.00845. The van der Waals surface area contributed by atoms with Crippen LogP contribution >= 0.6 is 0 Å². The van der Waals surface area contributed by atoms with Crippen molar-refractivity contribution in [2.45, 2.75) is 58.3 Å². The maximum Gasteiger partial charge on any atom is 0.410 e. The molecular weight excluding hydrogens is 206 g/mol. The molecule has 2 bridgehead atoms. The van der Waals surface area contributed by atoms with Crippen LogP contribution in [0.2, 0.25) is 0 Å². The van der Waals surface area contributed by atoms with Gasteiger partial charge >= 0.3 is 6.09 Å². The van der Waals surface area contributed by atoms with E-state index in [9.17, 15) is 9.90 Å². The highest BCUT2D eigenvalue weighted by Crippen LogP contribution is 2.54. The Morgan fingerprint density at radius 3 is 2.44 bits per heavy atom. The van der Waals surface area contributed by atoms with Crippen LogP contribution in [0, 0.1) is 5.41 Å². The molecule has 1 atom stereocenters. The van der Waals surface area contributed by atoms with Crippen LogP contribution in [0.4, 0.5) is 4.79 Å². The summed E-state index contributed by atoms with van der Waals surface area (Å²) in [6.07, 6.45) is 1.27. The van der Waals surface area contributed by atoms with Crippen LogP contribution in [0.1, 0.15) is 40.5 Å². The Bertz CT molecular complexity index is 300. The molecule has 1 N–H and O–H groups in total. The molecule has 92 valence electrons. The summed E-state index contributed by atoms with van der Waals surface area (Å²) in [7, 11) is 0. The van der Waals surface area contributed by atoms with Crippen molar-refractivity contribution >= 4 is 6.09 Å².